The van der Waals surface area contributed by atoms with Crippen LogP contribution in [0.1, 0.15) is 19.4 Å². The van der Waals surface area contributed by atoms with E-state index in [1.807, 2.05) is 0 Å². The summed E-state index contributed by atoms with van der Waals surface area (Å²) < 4.78 is 0. The first-order chi connectivity index (χ1) is 19.1. The van der Waals surface area contributed by atoms with Gasteiger partial charge < -0.3 is 0 Å². The summed E-state index contributed by atoms with van der Waals surface area (Å²) >= 11 is 0. The monoisotopic (exact) mass is 496 g/mol. The molecule has 0 spiro atoms. The van der Waals surface area contributed by atoms with Crippen molar-refractivity contribution in [1.82, 2.24) is 0 Å². The zero-order valence-corrected chi connectivity index (χ0v) is 22.2. The quantitative estimate of drug-likeness (QED) is 0.210. The van der Waals surface area contributed by atoms with E-state index in [-0.39, 0.29) is 5.41 Å². The number of hydrogen-bond donors (Lipinski definition) is 0. The van der Waals surface area contributed by atoms with Gasteiger partial charge in [-0.1, -0.05) is 123 Å². The standard InChI is InChI=1S/C39H28/c1-39(2)20-19-29(27-14-10-13-26(21-27)25-11-4-3-5-12-25)37-23-28-22-35-32-17-8-6-15-30(32)31-16-7-9-18-33(31)36(35)24-34(28)38(37)39/h3-24H,1-2H3. The van der Waals surface area contributed by atoms with E-state index in [0.717, 1.165) is 0 Å². The lowest BCUT2D eigenvalue weighted by Gasteiger charge is -2.30. The van der Waals surface area contributed by atoms with E-state index in [4.69, 9.17) is 0 Å². The van der Waals surface area contributed by atoms with Crippen LogP contribution in [0.15, 0.2) is 133 Å². The molecule has 0 heterocycles. The fraction of sp³-hybridized carbons (Fsp3) is 0.0769. The van der Waals surface area contributed by atoms with E-state index in [9.17, 15) is 0 Å². The molecule has 0 aromatic heterocycles. The summed E-state index contributed by atoms with van der Waals surface area (Å²) in [7, 11) is 0. The number of benzene rings is 6. The molecule has 6 aromatic rings. The summed E-state index contributed by atoms with van der Waals surface area (Å²) in [6.45, 7) is 4.70. The van der Waals surface area contributed by atoms with Gasteiger partial charge in [0.05, 0.1) is 0 Å². The highest BCUT2D eigenvalue weighted by molar-refractivity contribution is 6.25. The molecule has 39 heavy (non-hydrogen) atoms. The summed E-state index contributed by atoms with van der Waals surface area (Å²) in [5.74, 6) is 0. The predicted octanol–water partition coefficient (Wildman–Crippen LogP) is 8.81. The molecule has 0 nitrogen and oxygen atoms in total. The number of fused-ring (bicyclic) bond motifs is 8. The largest absolute Gasteiger partial charge is 0.0738 e. The molecule has 0 saturated heterocycles. The Bertz CT molecular complexity index is 2170. The lowest BCUT2D eigenvalue weighted by molar-refractivity contribution is 0.645. The number of allylic oxidation sites excluding steroid dienone is 4. The first-order valence-electron chi connectivity index (χ1n) is 13.8. The van der Waals surface area contributed by atoms with Crippen LogP contribution in [0.5, 0.6) is 0 Å². The minimum absolute atomic E-state index is 0.0576. The third-order valence-corrected chi connectivity index (χ3v) is 8.63. The summed E-state index contributed by atoms with van der Waals surface area (Å²) in [6, 6.07) is 42.3. The molecule has 0 saturated carbocycles. The second-order valence-corrected chi connectivity index (χ2v) is 11.4. The summed E-state index contributed by atoms with van der Waals surface area (Å²) in [5, 5.41) is 10.6. The summed E-state index contributed by atoms with van der Waals surface area (Å²) in [5.41, 5.74) is 7.79. The van der Waals surface area contributed by atoms with Crippen molar-refractivity contribution in [2.45, 2.75) is 13.8 Å². The molecule has 0 unspecified atom stereocenters. The maximum Gasteiger partial charge on any atom is 0.00909 e. The fourth-order valence-corrected chi connectivity index (χ4v) is 6.80. The highest BCUT2D eigenvalue weighted by Gasteiger charge is 2.31. The molecule has 0 amide bonds. The molecule has 184 valence electrons. The van der Waals surface area contributed by atoms with Gasteiger partial charge in [0.25, 0.3) is 0 Å². The van der Waals surface area contributed by atoms with Gasteiger partial charge in [0, 0.05) is 5.41 Å². The molecule has 0 N–H and O–H groups in total. The first-order valence-corrected chi connectivity index (χ1v) is 13.8. The van der Waals surface area contributed by atoms with Gasteiger partial charge in [0.15, 0.2) is 0 Å². The molecule has 0 fully saturated rings. The maximum atomic E-state index is 2.47. The minimum atomic E-state index is -0.0576. The van der Waals surface area contributed by atoms with E-state index >= 15 is 0 Å². The summed E-state index contributed by atoms with van der Waals surface area (Å²) in [6.07, 6.45) is 7.17. The molecule has 0 bridgehead atoms. The fourth-order valence-electron chi connectivity index (χ4n) is 6.80. The third kappa shape index (κ3) is 3.31. The SMILES string of the molecule is CC1(C)C=CC(c2cccc(-c3ccccc3)c2)=C2C=c3cc4c5ccccc5c5ccccc5c4cc3=C21. The average Bonchev–Trinajstić information content (AvgIpc) is 3.37. The Kier molecular flexibility index (Phi) is 4.67. The molecule has 0 radical (unpaired) electrons. The van der Waals surface area contributed by atoms with Crippen molar-refractivity contribution < 1.29 is 0 Å². The van der Waals surface area contributed by atoms with Crippen molar-refractivity contribution in [1.29, 1.82) is 0 Å². The molecule has 0 atom stereocenters. The topological polar surface area (TPSA) is 0 Å². The smallest absolute Gasteiger partial charge is 0.00909 e. The average molecular weight is 497 g/mol. The van der Waals surface area contributed by atoms with Crippen molar-refractivity contribution in [3.63, 3.8) is 0 Å². The van der Waals surface area contributed by atoms with Crippen LogP contribution in [-0.4, -0.2) is 0 Å². The normalized spacial score (nSPS) is 15.6. The lowest BCUT2D eigenvalue weighted by atomic mass is 9.74. The van der Waals surface area contributed by atoms with Gasteiger partial charge in [-0.25, -0.2) is 0 Å². The van der Waals surface area contributed by atoms with Crippen LogP contribution in [0.4, 0.5) is 0 Å². The molecule has 2 aliphatic rings. The molecule has 0 heteroatoms. The molecule has 2 aliphatic carbocycles. The number of rotatable bonds is 2. The zero-order valence-electron chi connectivity index (χ0n) is 22.2. The van der Waals surface area contributed by atoms with E-state index in [0.29, 0.717) is 0 Å². The first kappa shape index (κ1) is 22.3. The molecule has 8 rings (SSSR count). The Morgan fingerprint density at radius 3 is 1.72 bits per heavy atom. The van der Waals surface area contributed by atoms with Gasteiger partial charge >= 0.3 is 0 Å². The Morgan fingerprint density at radius 1 is 0.462 bits per heavy atom. The predicted molar refractivity (Wildman–Crippen MR) is 168 cm³/mol. The van der Waals surface area contributed by atoms with Gasteiger partial charge in [0.2, 0.25) is 0 Å². The summed E-state index contributed by atoms with van der Waals surface area (Å²) in [4.78, 5) is 0. The Morgan fingerprint density at radius 2 is 1.03 bits per heavy atom. The second kappa shape index (κ2) is 8.16. The van der Waals surface area contributed by atoms with Gasteiger partial charge in [-0.3, -0.25) is 0 Å². The van der Waals surface area contributed by atoms with E-state index < -0.39 is 0 Å². The van der Waals surface area contributed by atoms with Crippen molar-refractivity contribution in [2.75, 3.05) is 0 Å². The highest BCUT2D eigenvalue weighted by Crippen LogP contribution is 2.45. The van der Waals surface area contributed by atoms with E-state index in [1.165, 1.54) is 76.2 Å². The Hall–Kier alpha value is -4.68. The molecule has 0 aliphatic heterocycles. The van der Waals surface area contributed by atoms with Crippen molar-refractivity contribution in [3.8, 4) is 11.1 Å². The van der Waals surface area contributed by atoms with Crippen LogP contribution in [0.25, 0.3) is 60.7 Å². The van der Waals surface area contributed by atoms with Crippen LogP contribution >= 0.6 is 0 Å². The second-order valence-electron chi connectivity index (χ2n) is 11.4. The van der Waals surface area contributed by atoms with Crippen LogP contribution in [0.3, 0.4) is 0 Å². The molecule has 6 aromatic carbocycles. The van der Waals surface area contributed by atoms with Crippen molar-refractivity contribution >= 4 is 49.5 Å². The minimum Gasteiger partial charge on any atom is -0.0738 e. The Labute approximate surface area is 228 Å². The van der Waals surface area contributed by atoms with E-state index in [1.54, 1.807) is 0 Å². The van der Waals surface area contributed by atoms with Gasteiger partial charge in [-0.2, -0.15) is 0 Å². The molecular formula is C39H28. The van der Waals surface area contributed by atoms with Gasteiger partial charge in [-0.05, 0) is 100 Å². The van der Waals surface area contributed by atoms with E-state index in [2.05, 4.69) is 147 Å². The third-order valence-electron chi connectivity index (χ3n) is 8.63. The maximum absolute atomic E-state index is 2.47. The van der Waals surface area contributed by atoms with Crippen LogP contribution in [0, 0.1) is 5.41 Å². The van der Waals surface area contributed by atoms with Gasteiger partial charge in [0.1, 0.15) is 0 Å². The van der Waals surface area contributed by atoms with Crippen LogP contribution < -0.4 is 10.4 Å². The van der Waals surface area contributed by atoms with Crippen LogP contribution in [0.2, 0.25) is 0 Å². The molecular weight excluding hydrogens is 468 g/mol. The highest BCUT2D eigenvalue weighted by atomic mass is 14.3. The van der Waals surface area contributed by atoms with Crippen molar-refractivity contribution in [3.05, 3.63) is 149 Å². The zero-order chi connectivity index (χ0) is 26.1. The van der Waals surface area contributed by atoms with Crippen molar-refractivity contribution in [2.24, 2.45) is 5.41 Å². The van der Waals surface area contributed by atoms with Crippen LogP contribution in [-0.2, 0) is 0 Å². The Balaban J connectivity index is 1.45. The van der Waals surface area contributed by atoms with Gasteiger partial charge in [-0.15, -0.1) is 0 Å². The lowest BCUT2D eigenvalue weighted by Crippen LogP contribution is -2.28. The number of hydrogen-bond acceptors (Lipinski definition) is 0.